The van der Waals surface area contributed by atoms with Gasteiger partial charge in [0.15, 0.2) is 5.78 Å². The van der Waals surface area contributed by atoms with E-state index in [0.717, 1.165) is 25.9 Å². The van der Waals surface area contributed by atoms with Gasteiger partial charge in [0.1, 0.15) is 5.69 Å². The van der Waals surface area contributed by atoms with Crippen molar-refractivity contribution in [2.45, 2.75) is 12.8 Å². The van der Waals surface area contributed by atoms with Crippen LogP contribution in [-0.2, 0) is 0 Å². The number of hydrogen-bond acceptors (Lipinski definition) is 2. The quantitative estimate of drug-likeness (QED) is 0.658. The number of piperidine rings is 1. The number of aromatic nitrogens is 1. The lowest BCUT2D eigenvalue weighted by Gasteiger charge is -2.19. The van der Waals surface area contributed by atoms with Gasteiger partial charge in [-0.2, -0.15) is 0 Å². The Morgan fingerprint density at radius 1 is 1.29 bits per heavy atom. The molecule has 0 aliphatic carbocycles. The minimum Gasteiger partial charge on any atom is -0.292 e. The summed E-state index contributed by atoms with van der Waals surface area (Å²) in [6.07, 6.45) is 3.44. The zero-order valence-corrected chi connectivity index (χ0v) is 8.02. The molecule has 3 heteroatoms. The summed E-state index contributed by atoms with van der Waals surface area (Å²) >= 11 is 0. The van der Waals surface area contributed by atoms with Gasteiger partial charge in [-0.05, 0) is 25.0 Å². The summed E-state index contributed by atoms with van der Waals surface area (Å²) in [6.45, 7) is 1.65. The second kappa shape index (κ2) is 4.33. The van der Waals surface area contributed by atoms with E-state index in [0.29, 0.717) is 5.69 Å². The van der Waals surface area contributed by atoms with Crippen LogP contribution in [0.15, 0.2) is 24.4 Å². The van der Waals surface area contributed by atoms with E-state index in [9.17, 15) is 4.79 Å². The SMILES string of the molecule is O=C(c1ccccn1)C1CC[N]CC1. The third-order valence-corrected chi connectivity index (χ3v) is 2.56. The molecule has 1 saturated heterocycles. The number of ketones is 1. The van der Waals surface area contributed by atoms with E-state index in [2.05, 4.69) is 10.3 Å². The van der Waals surface area contributed by atoms with Gasteiger partial charge in [-0.25, -0.2) is 5.32 Å². The van der Waals surface area contributed by atoms with E-state index in [1.165, 1.54) is 0 Å². The van der Waals surface area contributed by atoms with E-state index in [1.807, 2.05) is 12.1 Å². The maximum atomic E-state index is 11.9. The molecule has 1 aliphatic heterocycles. The molecule has 1 radical (unpaired) electrons. The molecule has 1 fully saturated rings. The highest BCUT2D eigenvalue weighted by Crippen LogP contribution is 2.17. The molecule has 0 saturated carbocycles. The molecule has 0 bridgehead atoms. The number of hydrogen-bond donors (Lipinski definition) is 0. The summed E-state index contributed by atoms with van der Waals surface area (Å²) in [6, 6.07) is 5.47. The predicted octanol–water partition coefficient (Wildman–Crippen LogP) is 1.28. The number of carbonyl (C=O) groups is 1. The lowest BCUT2D eigenvalue weighted by molar-refractivity contribution is 0.0889. The third-order valence-electron chi connectivity index (χ3n) is 2.56. The van der Waals surface area contributed by atoms with E-state index < -0.39 is 0 Å². The minimum atomic E-state index is 0.141. The van der Waals surface area contributed by atoms with Crippen molar-refractivity contribution in [1.82, 2.24) is 10.3 Å². The normalized spacial score (nSPS) is 18.0. The molecule has 0 unspecified atom stereocenters. The molecule has 0 atom stereocenters. The molecule has 0 amide bonds. The van der Waals surface area contributed by atoms with Crippen molar-refractivity contribution in [2.24, 2.45) is 5.92 Å². The zero-order chi connectivity index (χ0) is 9.80. The van der Waals surface area contributed by atoms with Crippen molar-refractivity contribution in [1.29, 1.82) is 0 Å². The summed E-state index contributed by atoms with van der Waals surface area (Å²) in [5, 5.41) is 4.23. The molecule has 0 N–H and O–H groups in total. The Morgan fingerprint density at radius 3 is 2.71 bits per heavy atom. The Bertz CT molecular complexity index is 304. The number of carbonyl (C=O) groups excluding carboxylic acids is 1. The van der Waals surface area contributed by atoms with Gasteiger partial charge in [-0.1, -0.05) is 6.07 Å². The zero-order valence-electron chi connectivity index (χ0n) is 8.02. The smallest absolute Gasteiger partial charge is 0.184 e. The predicted molar refractivity (Wildman–Crippen MR) is 53.2 cm³/mol. The van der Waals surface area contributed by atoms with Gasteiger partial charge in [-0.3, -0.25) is 9.78 Å². The Morgan fingerprint density at radius 2 is 2.07 bits per heavy atom. The van der Waals surface area contributed by atoms with Crippen LogP contribution in [0.3, 0.4) is 0 Å². The molecule has 2 heterocycles. The van der Waals surface area contributed by atoms with Crippen LogP contribution in [0.2, 0.25) is 0 Å². The van der Waals surface area contributed by atoms with E-state index in [-0.39, 0.29) is 11.7 Å². The molecule has 1 aliphatic rings. The molecular formula is C11H13N2O. The number of pyridine rings is 1. The summed E-state index contributed by atoms with van der Waals surface area (Å²) in [5.74, 6) is 0.322. The Labute approximate surface area is 83.5 Å². The standard InChI is InChI=1S/C11H13N2O/c14-11(9-4-7-12-8-5-9)10-3-1-2-6-13-10/h1-3,6,9H,4-5,7-8H2. The first-order valence-electron chi connectivity index (χ1n) is 4.96. The highest BCUT2D eigenvalue weighted by molar-refractivity contribution is 5.96. The lowest BCUT2D eigenvalue weighted by atomic mass is 9.92. The van der Waals surface area contributed by atoms with Crippen molar-refractivity contribution in [3.63, 3.8) is 0 Å². The monoisotopic (exact) mass is 189 g/mol. The fraction of sp³-hybridized carbons (Fsp3) is 0.455. The highest BCUT2D eigenvalue weighted by atomic mass is 16.1. The second-order valence-corrected chi connectivity index (χ2v) is 3.52. The first kappa shape index (κ1) is 9.34. The van der Waals surface area contributed by atoms with Crippen LogP contribution in [0.25, 0.3) is 0 Å². The molecule has 2 rings (SSSR count). The lowest BCUT2D eigenvalue weighted by Crippen LogP contribution is -2.28. The van der Waals surface area contributed by atoms with Gasteiger partial charge in [0, 0.05) is 25.2 Å². The Hall–Kier alpha value is -1.22. The average Bonchev–Trinajstić information content (AvgIpc) is 2.30. The molecule has 14 heavy (non-hydrogen) atoms. The first-order chi connectivity index (χ1) is 6.88. The molecule has 1 aromatic rings. The van der Waals surface area contributed by atoms with E-state index in [4.69, 9.17) is 0 Å². The molecular weight excluding hydrogens is 176 g/mol. The number of Topliss-reactive ketones (excluding diaryl/α,β-unsaturated/α-hetero) is 1. The van der Waals surface area contributed by atoms with Crippen LogP contribution in [0, 0.1) is 5.92 Å². The van der Waals surface area contributed by atoms with E-state index >= 15 is 0 Å². The fourth-order valence-electron chi connectivity index (χ4n) is 1.73. The van der Waals surface area contributed by atoms with Crippen molar-refractivity contribution in [2.75, 3.05) is 13.1 Å². The molecule has 73 valence electrons. The molecule has 0 spiro atoms. The minimum absolute atomic E-state index is 0.141. The molecule has 0 aromatic carbocycles. The highest BCUT2D eigenvalue weighted by Gasteiger charge is 2.22. The number of rotatable bonds is 2. The van der Waals surface area contributed by atoms with Gasteiger partial charge in [0.05, 0.1) is 0 Å². The summed E-state index contributed by atoms with van der Waals surface area (Å²) in [4.78, 5) is 16.0. The number of nitrogens with zero attached hydrogens (tertiary/aromatic N) is 2. The van der Waals surface area contributed by atoms with Crippen LogP contribution < -0.4 is 5.32 Å². The largest absolute Gasteiger partial charge is 0.292 e. The summed E-state index contributed by atoms with van der Waals surface area (Å²) < 4.78 is 0. The topological polar surface area (TPSA) is 44.1 Å². The maximum Gasteiger partial charge on any atom is 0.184 e. The summed E-state index contributed by atoms with van der Waals surface area (Å²) in [7, 11) is 0. The first-order valence-corrected chi connectivity index (χ1v) is 4.96. The van der Waals surface area contributed by atoms with Gasteiger partial charge in [0.25, 0.3) is 0 Å². The van der Waals surface area contributed by atoms with Crippen LogP contribution in [0.5, 0.6) is 0 Å². The van der Waals surface area contributed by atoms with Gasteiger partial charge in [0.2, 0.25) is 0 Å². The van der Waals surface area contributed by atoms with Crippen molar-refractivity contribution >= 4 is 5.78 Å². The second-order valence-electron chi connectivity index (χ2n) is 3.52. The van der Waals surface area contributed by atoms with Gasteiger partial charge >= 0.3 is 0 Å². The molecule has 1 aromatic heterocycles. The molecule has 3 nitrogen and oxygen atoms in total. The van der Waals surface area contributed by atoms with Crippen molar-refractivity contribution < 1.29 is 4.79 Å². The van der Waals surface area contributed by atoms with Gasteiger partial charge < -0.3 is 0 Å². The maximum absolute atomic E-state index is 11.9. The van der Waals surface area contributed by atoms with Crippen LogP contribution in [-0.4, -0.2) is 23.9 Å². The fourth-order valence-corrected chi connectivity index (χ4v) is 1.73. The third kappa shape index (κ3) is 1.99. The summed E-state index contributed by atoms with van der Waals surface area (Å²) in [5.41, 5.74) is 0.597. The Balaban J connectivity index is 2.07. The van der Waals surface area contributed by atoms with E-state index in [1.54, 1.807) is 12.3 Å². The van der Waals surface area contributed by atoms with Gasteiger partial charge in [-0.15, -0.1) is 0 Å². The van der Waals surface area contributed by atoms with Crippen molar-refractivity contribution in [3.8, 4) is 0 Å². The average molecular weight is 189 g/mol. The van der Waals surface area contributed by atoms with Crippen molar-refractivity contribution in [3.05, 3.63) is 30.1 Å². The van der Waals surface area contributed by atoms with Crippen LogP contribution >= 0.6 is 0 Å². The van der Waals surface area contributed by atoms with Crippen LogP contribution in [0.4, 0.5) is 0 Å². The van der Waals surface area contributed by atoms with Crippen LogP contribution in [0.1, 0.15) is 23.3 Å². The Kier molecular flexibility index (Phi) is 2.89.